The fourth-order valence-corrected chi connectivity index (χ4v) is 3.40. The van der Waals surface area contributed by atoms with Crippen LogP contribution in [0.1, 0.15) is 18.9 Å². The van der Waals surface area contributed by atoms with Gasteiger partial charge in [0.15, 0.2) is 5.78 Å². The van der Waals surface area contributed by atoms with Gasteiger partial charge >= 0.3 is 11.9 Å². The summed E-state index contributed by atoms with van der Waals surface area (Å²) in [7, 11) is 0. The molecule has 1 atom stereocenters. The number of carbonyl (C=O) groups excluding carboxylic acids is 3. The minimum atomic E-state index is -1.15. The number of benzene rings is 1. The van der Waals surface area contributed by atoms with Crippen molar-refractivity contribution in [1.82, 2.24) is 15.1 Å². The number of nitroso groups, excluding NO2 is 1. The minimum absolute atomic E-state index is 0.0459. The van der Waals surface area contributed by atoms with Crippen LogP contribution in [0.2, 0.25) is 0 Å². The van der Waals surface area contributed by atoms with E-state index in [-0.39, 0.29) is 63.2 Å². The maximum atomic E-state index is 12.0. The summed E-state index contributed by atoms with van der Waals surface area (Å²) in [4.78, 5) is 70.1. The highest BCUT2D eigenvalue weighted by molar-refractivity contribution is 5.98. The van der Waals surface area contributed by atoms with Crippen molar-refractivity contribution >= 4 is 35.5 Å². The molecule has 0 aliphatic heterocycles. The highest BCUT2D eigenvalue weighted by atomic mass is 16.4. The van der Waals surface area contributed by atoms with E-state index >= 15 is 0 Å². The molecule has 0 amide bonds. The number of nitrogens with one attached hydrogen (secondary N) is 1. The lowest BCUT2D eigenvalue weighted by atomic mass is 10.0. The molecule has 12 heteroatoms. The number of nitrogens with zero attached hydrogens (tertiary/aromatic N) is 3. The number of carbonyl (C=O) groups is 5. The number of carboxylic acids is 2. The molecule has 1 unspecified atom stereocenters. The van der Waals surface area contributed by atoms with Crippen LogP contribution in [-0.4, -0.2) is 102 Å². The zero-order valence-electron chi connectivity index (χ0n) is 19.0. The summed E-state index contributed by atoms with van der Waals surface area (Å²) in [6.07, 6.45) is 0.813. The summed E-state index contributed by atoms with van der Waals surface area (Å²) in [5.41, 5.74) is 1.11. The number of hydrogen-bond acceptors (Lipinski definition) is 10. The van der Waals surface area contributed by atoms with E-state index in [0.29, 0.717) is 12.7 Å². The third-order valence-corrected chi connectivity index (χ3v) is 4.79. The molecule has 12 nitrogen and oxygen atoms in total. The summed E-state index contributed by atoms with van der Waals surface area (Å²) < 4.78 is 0. The van der Waals surface area contributed by atoms with E-state index in [2.05, 4.69) is 10.5 Å². The highest BCUT2D eigenvalue weighted by Crippen LogP contribution is 2.14. The van der Waals surface area contributed by atoms with Crippen LogP contribution in [0.15, 0.2) is 29.4 Å². The Kier molecular flexibility index (Phi) is 13.1. The first-order chi connectivity index (χ1) is 16.1. The lowest BCUT2D eigenvalue weighted by Crippen LogP contribution is -2.48. The summed E-state index contributed by atoms with van der Waals surface area (Å²) in [6, 6.07) is 6.20. The van der Waals surface area contributed by atoms with Gasteiger partial charge < -0.3 is 20.3 Å². The quantitative estimate of drug-likeness (QED) is 0.140. The molecular formula is C22H30N4O8. The van der Waals surface area contributed by atoms with Gasteiger partial charge in [-0.2, -0.15) is 0 Å². The zero-order chi connectivity index (χ0) is 25.5. The zero-order valence-corrected chi connectivity index (χ0v) is 19.0. The smallest absolute Gasteiger partial charge is 0.317 e. The van der Waals surface area contributed by atoms with Gasteiger partial charge in [-0.1, -0.05) is 12.1 Å². The summed E-state index contributed by atoms with van der Waals surface area (Å²) in [5, 5.41) is 24.3. The molecule has 0 aromatic heterocycles. The van der Waals surface area contributed by atoms with Crippen LogP contribution < -0.4 is 5.32 Å². The third-order valence-electron chi connectivity index (χ3n) is 4.79. The molecule has 0 spiro atoms. The molecule has 0 aliphatic rings. The second-order valence-electron chi connectivity index (χ2n) is 7.88. The van der Waals surface area contributed by atoms with Gasteiger partial charge in [-0.3, -0.25) is 29.0 Å². The van der Waals surface area contributed by atoms with Crippen LogP contribution in [-0.2, 0) is 30.4 Å². The Morgan fingerprint density at radius 2 is 1.59 bits per heavy atom. The molecular weight excluding hydrogens is 448 g/mol. The van der Waals surface area contributed by atoms with Gasteiger partial charge in [0.2, 0.25) is 0 Å². The lowest BCUT2D eigenvalue weighted by molar-refractivity contribution is -0.140. The molecule has 1 aromatic carbocycles. The largest absolute Gasteiger partial charge is 0.480 e. The molecule has 0 aliphatic carbocycles. The number of aldehydes is 1. The average molecular weight is 479 g/mol. The summed E-state index contributed by atoms with van der Waals surface area (Å²) in [5.74, 6) is -2.99. The Balaban J connectivity index is 2.89. The Labute approximate surface area is 196 Å². The Morgan fingerprint density at radius 1 is 1.00 bits per heavy atom. The maximum absolute atomic E-state index is 12.0. The SMILES string of the molecule is CC(=O)CC(=O)CN(CCN(CC(=O)O)CC(Cc1ccc(N=O)cc1)NCC=O)CC(=O)O. The van der Waals surface area contributed by atoms with Gasteiger partial charge in [0.25, 0.3) is 0 Å². The van der Waals surface area contributed by atoms with Gasteiger partial charge in [0, 0.05) is 25.7 Å². The standard InChI is InChI=1S/C22H30N4O8/c1-16(28)10-20(29)13-26(15-22(32)33)8-7-25(14-21(30)31)12-19(23-6-9-27)11-17-2-4-18(24-34)5-3-17/h2-5,9,19,23H,6-8,10-15H2,1H3,(H,30,31)(H,32,33). The van der Waals surface area contributed by atoms with Crippen LogP contribution in [0.4, 0.5) is 5.69 Å². The van der Waals surface area contributed by atoms with Crippen LogP contribution >= 0.6 is 0 Å². The van der Waals surface area contributed by atoms with E-state index < -0.39 is 24.3 Å². The van der Waals surface area contributed by atoms with Crippen molar-refractivity contribution in [3.8, 4) is 0 Å². The first kappa shape index (κ1) is 28.7. The Hall–Kier alpha value is -3.35. The average Bonchev–Trinajstić information content (AvgIpc) is 2.74. The Bertz CT molecular complexity index is 859. The van der Waals surface area contributed by atoms with Crippen molar-refractivity contribution in [3.05, 3.63) is 34.7 Å². The molecule has 1 rings (SSSR count). The van der Waals surface area contributed by atoms with Gasteiger partial charge in [0.1, 0.15) is 17.8 Å². The molecule has 1 aromatic rings. The minimum Gasteiger partial charge on any atom is -0.480 e. The first-order valence-corrected chi connectivity index (χ1v) is 10.6. The predicted octanol–water partition coefficient (Wildman–Crippen LogP) is 0.106. The van der Waals surface area contributed by atoms with E-state index in [1.807, 2.05) is 0 Å². The number of rotatable bonds is 19. The Morgan fingerprint density at radius 3 is 2.12 bits per heavy atom. The van der Waals surface area contributed by atoms with Crippen molar-refractivity contribution in [2.24, 2.45) is 5.18 Å². The molecule has 0 saturated heterocycles. The van der Waals surface area contributed by atoms with E-state index in [1.54, 1.807) is 29.2 Å². The summed E-state index contributed by atoms with van der Waals surface area (Å²) in [6.45, 7) is 0.744. The third kappa shape index (κ3) is 12.6. The van der Waals surface area contributed by atoms with E-state index in [9.17, 15) is 34.0 Å². The van der Waals surface area contributed by atoms with Gasteiger partial charge in [-0.05, 0) is 36.2 Å². The predicted molar refractivity (Wildman–Crippen MR) is 122 cm³/mol. The van der Waals surface area contributed by atoms with Crippen LogP contribution in [0, 0.1) is 4.91 Å². The number of aliphatic carboxylic acids is 2. The van der Waals surface area contributed by atoms with Gasteiger partial charge in [-0.15, -0.1) is 4.91 Å². The molecule has 0 bridgehead atoms. The fraction of sp³-hybridized carbons (Fsp3) is 0.500. The van der Waals surface area contributed by atoms with Crippen molar-refractivity contribution in [2.45, 2.75) is 25.8 Å². The van der Waals surface area contributed by atoms with Crippen LogP contribution in [0.25, 0.3) is 0 Å². The number of carboxylic acid groups (broad SMARTS) is 2. The number of hydrogen-bond donors (Lipinski definition) is 3. The van der Waals surface area contributed by atoms with E-state index in [4.69, 9.17) is 5.11 Å². The monoisotopic (exact) mass is 478 g/mol. The number of Topliss-reactive ketones (excluding diaryl/α,β-unsaturated/α-hetero) is 2. The molecule has 0 fully saturated rings. The van der Waals surface area contributed by atoms with Crippen molar-refractivity contribution < 1.29 is 34.2 Å². The molecule has 34 heavy (non-hydrogen) atoms. The van der Waals surface area contributed by atoms with Crippen molar-refractivity contribution in [1.29, 1.82) is 0 Å². The normalized spacial score (nSPS) is 11.9. The first-order valence-electron chi connectivity index (χ1n) is 10.6. The van der Waals surface area contributed by atoms with Gasteiger partial charge in [-0.25, -0.2) is 0 Å². The second kappa shape index (κ2) is 15.5. The topological polar surface area (TPSA) is 174 Å². The molecule has 0 saturated carbocycles. The molecule has 3 N–H and O–H groups in total. The summed E-state index contributed by atoms with van der Waals surface area (Å²) >= 11 is 0. The van der Waals surface area contributed by atoms with Crippen LogP contribution in [0.3, 0.4) is 0 Å². The van der Waals surface area contributed by atoms with Crippen molar-refractivity contribution in [3.63, 3.8) is 0 Å². The fourth-order valence-electron chi connectivity index (χ4n) is 3.40. The lowest BCUT2D eigenvalue weighted by Gasteiger charge is -2.29. The highest BCUT2D eigenvalue weighted by Gasteiger charge is 2.20. The maximum Gasteiger partial charge on any atom is 0.317 e. The molecule has 0 heterocycles. The van der Waals surface area contributed by atoms with Crippen molar-refractivity contribution in [2.75, 3.05) is 45.8 Å². The molecule has 0 radical (unpaired) electrons. The van der Waals surface area contributed by atoms with Gasteiger partial charge in [0.05, 0.1) is 32.6 Å². The van der Waals surface area contributed by atoms with Crippen LogP contribution in [0.5, 0.6) is 0 Å². The van der Waals surface area contributed by atoms with E-state index in [0.717, 1.165) is 5.56 Å². The molecule has 186 valence electrons. The number of ketones is 2. The second-order valence-corrected chi connectivity index (χ2v) is 7.88. The van der Waals surface area contributed by atoms with E-state index in [1.165, 1.54) is 11.8 Å².